The Kier molecular flexibility index (Phi) is 6.90. The van der Waals surface area contributed by atoms with Crippen LogP contribution in [0.5, 0.6) is 5.88 Å². The van der Waals surface area contributed by atoms with E-state index in [1.165, 1.54) is 0 Å². The van der Waals surface area contributed by atoms with Crippen LogP contribution in [0.25, 0.3) is 0 Å². The van der Waals surface area contributed by atoms with E-state index in [0.717, 1.165) is 37.6 Å². The maximum absolute atomic E-state index is 5.12. The zero-order chi connectivity index (χ0) is 16.3. The first kappa shape index (κ1) is 16.8. The molecule has 23 heavy (non-hydrogen) atoms. The van der Waals surface area contributed by atoms with E-state index in [4.69, 9.17) is 4.74 Å². The van der Waals surface area contributed by atoms with Crippen LogP contribution < -0.4 is 15.4 Å². The van der Waals surface area contributed by atoms with Gasteiger partial charge in [0.05, 0.1) is 13.7 Å². The van der Waals surface area contributed by atoms with Crippen molar-refractivity contribution in [2.75, 3.05) is 20.2 Å². The number of rotatable bonds is 8. The predicted octanol–water partition coefficient (Wildman–Crippen LogP) is 1.43. The molecule has 0 aromatic carbocycles. The van der Waals surface area contributed by atoms with E-state index < -0.39 is 0 Å². The van der Waals surface area contributed by atoms with Crippen molar-refractivity contribution in [1.29, 1.82) is 0 Å². The molecule has 0 aliphatic rings. The number of aryl methyl sites for hydroxylation is 1. The second kappa shape index (κ2) is 9.45. The van der Waals surface area contributed by atoms with Crippen LogP contribution >= 0.6 is 0 Å². The standard InChI is InChI=1S/C16H24N6O/c1-3-17-16(19-7-4-10-22-11-5-8-21-22)20-13-14-6-9-18-15(12-14)23-2/h5-6,8-9,11-12H,3-4,7,10,13H2,1-2H3,(H2,17,19,20). The normalized spacial score (nSPS) is 11.3. The summed E-state index contributed by atoms with van der Waals surface area (Å²) in [7, 11) is 1.61. The Bertz CT molecular complexity index is 596. The molecule has 0 saturated heterocycles. The third-order valence-corrected chi connectivity index (χ3v) is 3.19. The summed E-state index contributed by atoms with van der Waals surface area (Å²) >= 11 is 0. The van der Waals surface area contributed by atoms with Gasteiger partial charge in [-0.3, -0.25) is 4.68 Å². The first-order chi connectivity index (χ1) is 11.3. The second-order valence-corrected chi connectivity index (χ2v) is 4.95. The van der Waals surface area contributed by atoms with Crippen LogP contribution in [0.2, 0.25) is 0 Å². The number of methoxy groups -OCH3 is 1. The fourth-order valence-corrected chi connectivity index (χ4v) is 2.05. The first-order valence-corrected chi connectivity index (χ1v) is 7.80. The summed E-state index contributed by atoms with van der Waals surface area (Å²) in [5, 5.41) is 10.8. The van der Waals surface area contributed by atoms with Gasteiger partial charge in [-0.15, -0.1) is 0 Å². The number of ether oxygens (including phenoxy) is 1. The molecule has 7 nitrogen and oxygen atoms in total. The molecule has 7 heteroatoms. The van der Waals surface area contributed by atoms with Crippen molar-refractivity contribution in [2.45, 2.75) is 26.4 Å². The molecule has 2 rings (SSSR count). The van der Waals surface area contributed by atoms with Crippen LogP contribution in [0.4, 0.5) is 0 Å². The van der Waals surface area contributed by atoms with E-state index in [2.05, 4.69) is 32.6 Å². The van der Waals surface area contributed by atoms with Crippen LogP contribution in [0, 0.1) is 0 Å². The molecule has 0 bridgehead atoms. The molecule has 2 aromatic rings. The minimum absolute atomic E-state index is 0.577. The van der Waals surface area contributed by atoms with Crippen molar-refractivity contribution >= 4 is 5.96 Å². The highest BCUT2D eigenvalue weighted by Gasteiger charge is 1.99. The lowest BCUT2D eigenvalue weighted by Gasteiger charge is -2.11. The summed E-state index contributed by atoms with van der Waals surface area (Å²) in [6.07, 6.45) is 6.47. The predicted molar refractivity (Wildman–Crippen MR) is 90.5 cm³/mol. The average molecular weight is 316 g/mol. The Hall–Kier alpha value is -2.57. The Labute approximate surface area is 136 Å². The first-order valence-electron chi connectivity index (χ1n) is 7.80. The molecule has 2 aromatic heterocycles. The highest BCUT2D eigenvalue weighted by molar-refractivity contribution is 5.79. The Morgan fingerprint density at radius 2 is 2.26 bits per heavy atom. The zero-order valence-corrected chi connectivity index (χ0v) is 13.7. The smallest absolute Gasteiger partial charge is 0.213 e. The number of guanidine groups is 1. The highest BCUT2D eigenvalue weighted by atomic mass is 16.5. The molecule has 0 spiro atoms. The number of hydrogen-bond acceptors (Lipinski definition) is 4. The number of nitrogens with zero attached hydrogens (tertiary/aromatic N) is 4. The molecule has 0 fully saturated rings. The van der Waals surface area contributed by atoms with E-state index in [1.807, 2.05) is 29.1 Å². The van der Waals surface area contributed by atoms with Gasteiger partial charge < -0.3 is 15.4 Å². The molecular formula is C16H24N6O. The Morgan fingerprint density at radius 1 is 1.35 bits per heavy atom. The summed E-state index contributed by atoms with van der Waals surface area (Å²) < 4.78 is 7.05. The fraction of sp³-hybridized carbons (Fsp3) is 0.438. The van der Waals surface area contributed by atoms with Gasteiger partial charge >= 0.3 is 0 Å². The monoisotopic (exact) mass is 316 g/mol. The van der Waals surface area contributed by atoms with E-state index in [0.29, 0.717) is 12.4 Å². The van der Waals surface area contributed by atoms with Crippen LogP contribution in [-0.4, -0.2) is 40.9 Å². The van der Waals surface area contributed by atoms with Crippen molar-refractivity contribution in [3.63, 3.8) is 0 Å². The van der Waals surface area contributed by atoms with Crippen LogP contribution in [-0.2, 0) is 13.1 Å². The zero-order valence-electron chi connectivity index (χ0n) is 13.7. The molecule has 0 aliphatic heterocycles. The van der Waals surface area contributed by atoms with Gasteiger partial charge in [0.1, 0.15) is 0 Å². The lowest BCUT2D eigenvalue weighted by Crippen LogP contribution is -2.38. The summed E-state index contributed by atoms with van der Waals surface area (Å²) in [5.41, 5.74) is 1.06. The molecule has 0 radical (unpaired) electrons. The maximum Gasteiger partial charge on any atom is 0.213 e. The van der Waals surface area contributed by atoms with Gasteiger partial charge in [0.25, 0.3) is 0 Å². The molecule has 2 N–H and O–H groups in total. The quantitative estimate of drug-likeness (QED) is 0.438. The van der Waals surface area contributed by atoms with E-state index in [9.17, 15) is 0 Å². The summed E-state index contributed by atoms with van der Waals surface area (Å²) in [6.45, 7) is 5.18. The van der Waals surface area contributed by atoms with Gasteiger partial charge in [-0.25, -0.2) is 9.98 Å². The molecule has 0 amide bonds. The number of aliphatic imine (C=N–C) groups is 1. The van der Waals surface area contributed by atoms with Gasteiger partial charge in [-0.05, 0) is 31.0 Å². The van der Waals surface area contributed by atoms with E-state index in [1.54, 1.807) is 19.5 Å². The second-order valence-electron chi connectivity index (χ2n) is 4.95. The molecule has 2 heterocycles. The molecule has 0 unspecified atom stereocenters. The summed E-state index contributed by atoms with van der Waals surface area (Å²) in [5.74, 6) is 1.42. The van der Waals surface area contributed by atoms with E-state index >= 15 is 0 Å². The van der Waals surface area contributed by atoms with E-state index in [-0.39, 0.29) is 0 Å². The molecule has 0 atom stereocenters. The minimum Gasteiger partial charge on any atom is -0.481 e. The lowest BCUT2D eigenvalue weighted by atomic mass is 10.3. The largest absolute Gasteiger partial charge is 0.481 e. The Balaban J connectivity index is 1.81. The van der Waals surface area contributed by atoms with Crippen LogP contribution in [0.3, 0.4) is 0 Å². The van der Waals surface area contributed by atoms with Crippen molar-refractivity contribution < 1.29 is 4.74 Å². The average Bonchev–Trinajstić information content (AvgIpc) is 3.10. The number of aromatic nitrogens is 3. The molecular weight excluding hydrogens is 292 g/mol. The van der Waals surface area contributed by atoms with Crippen molar-refractivity contribution in [1.82, 2.24) is 25.4 Å². The van der Waals surface area contributed by atoms with Gasteiger partial charge in [0.2, 0.25) is 5.88 Å². The lowest BCUT2D eigenvalue weighted by molar-refractivity contribution is 0.397. The third kappa shape index (κ3) is 5.98. The minimum atomic E-state index is 0.577. The SMILES string of the molecule is CCNC(=NCc1ccnc(OC)c1)NCCCn1cccn1. The van der Waals surface area contributed by atoms with Crippen LogP contribution in [0.15, 0.2) is 41.8 Å². The molecule has 0 aliphatic carbocycles. The topological polar surface area (TPSA) is 76.4 Å². The van der Waals surface area contributed by atoms with Crippen LogP contribution in [0.1, 0.15) is 18.9 Å². The van der Waals surface area contributed by atoms with Crippen molar-refractivity contribution in [3.8, 4) is 5.88 Å². The number of nitrogens with one attached hydrogen (secondary N) is 2. The van der Waals surface area contributed by atoms with Gasteiger partial charge in [-0.1, -0.05) is 0 Å². The number of pyridine rings is 1. The number of hydrogen-bond donors (Lipinski definition) is 2. The fourth-order valence-electron chi connectivity index (χ4n) is 2.05. The molecule has 0 saturated carbocycles. The maximum atomic E-state index is 5.12. The van der Waals surface area contributed by atoms with Gasteiger partial charge in [0.15, 0.2) is 5.96 Å². The van der Waals surface area contributed by atoms with Gasteiger partial charge in [-0.2, -0.15) is 5.10 Å². The summed E-state index contributed by atoms with van der Waals surface area (Å²) in [6, 6.07) is 5.76. The summed E-state index contributed by atoms with van der Waals surface area (Å²) in [4.78, 5) is 8.68. The van der Waals surface area contributed by atoms with Crippen molar-refractivity contribution in [3.05, 3.63) is 42.4 Å². The van der Waals surface area contributed by atoms with Crippen molar-refractivity contribution in [2.24, 2.45) is 4.99 Å². The Morgan fingerprint density at radius 3 is 3.00 bits per heavy atom. The highest BCUT2D eigenvalue weighted by Crippen LogP contribution is 2.09. The van der Waals surface area contributed by atoms with Gasteiger partial charge in [0, 0.05) is 44.3 Å². The molecule has 124 valence electrons. The third-order valence-electron chi connectivity index (χ3n) is 3.19.